The highest BCUT2D eigenvalue weighted by atomic mass is 19.1. The average molecular weight is 355 g/mol. The van der Waals surface area contributed by atoms with E-state index >= 15 is 0 Å². The molecule has 4 rings (SSSR count). The summed E-state index contributed by atoms with van der Waals surface area (Å²) in [6.45, 7) is 6.39. The van der Waals surface area contributed by atoms with Crippen LogP contribution in [0, 0.1) is 24.5 Å². The van der Waals surface area contributed by atoms with Crippen LogP contribution >= 0.6 is 0 Å². The molecule has 1 saturated heterocycles. The van der Waals surface area contributed by atoms with E-state index in [2.05, 4.69) is 39.4 Å². The molecule has 0 atom stereocenters. The van der Waals surface area contributed by atoms with Crippen molar-refractivity contribution in [3.63, 3.8) is 0 Å². The van der Waals surface area contributed by atoms with Crippen LogP contribution in [-0.4, -0.2) is 27.9 Å². The van der Waals surface area contributed by atoms with E-state index in [1.54, 1.807) is 0 Å². The number of nitrogens with one attached hydrogen (secondary N) is 1. The molecule has 1 aliphatic heterocycles. The van der Waals surface area contributed by atoms with Crippen LogP contribution in [0.15, 0.2) is 42.7 Å². The Bertz CT molecular complexity index is 927. The maximum atomic E-state index is 13.4. The van der Waals surface area contributed by atoms with Gasteiger partial charge in [-0.2, -0.15) is 4.98 Å². The second kappa shape index (κ2) is 6.40. The summed E-state index contributed by atoms with van der Waals surface area (Å²) in [5.74, 6) is -0.228. The summed E-state index contributed by atoms with van der Waals surface area (Å²) in [7, 11) is 0. The van der Waals surface area contributed by atoms with E-state index in [4.69, 9.17) is 0 Å². The van der Waals surface area contributed by atoms with Crippen LogP contribution in [-0.2, 0) is 0 Å². The Morgan fingerprint density at radius 3 is 2.42 bits per heavy atom. The van der Waals surface area contributed by atoms with Crippen LogP contribution in [0.25, 0.3) is 5.69 Å². The van der Waals surface area contributed by atoms with Gasteiger partial charge in [0.15, 0.2) is 0 Å². The van der Waals surface area contributed by atoms with Crippen molar-refractivity contribution in [3.05, 3.63) is 59.9 Å². The maximum absolute atomic E-state index is 13.4. The van der Waals surface area contributed by atoms with Gasteiger partial charge in [0.1, 0.15) is 18.0 Å². The summed E-state index contributed by atoms with van der Waals surface area (Å²) in [6.07, 6.45) is 1.42. The lowest BCUT2D eigenvalue weighted by Crippen LogP contribution is -2.45. The van der Waals surface area contributed by atoms with Gasteiger partial charge in [-0.05, 0) is 48.7 Å². The van der Waals surface area contributed by atoms with E-state index in [0.29, 0.717) is 5.95 Å². The van der Waals surface area contributed by atoms with Crippen LogP contribution < -0.4 is 10.2 Å². The van der Waals surface area contributed by atoms with Crippen molar-refractivity contribution in [3.8, 4) is 5.69 Å². The van der Waals surface area contributed by atoms with Crippen LogP contribution in [0.1, 0.15) is 12.5 Å². The Hall–Kier alpha value is -2.96. The lowest BCUT2D eigenvalue weighted by molar-refractivity contribution is 0.447. The van der Waals surface area contributed by atoms with E-state index < -0.39 is 11.6 Å². The summed E-state index contributed by atoms with van der Waals surface area (Å²) in [6, 6.07) is 9.45. The molecule has 0 amide bonds. The molecule has 0 bridgehead atoms. The molecular weight excluding hydrogens is 336 g/mol. The molecular formula is C19H19F2N5. The Morgan fingerprint density at radius 1 is 1.00 bits per heavy atom. The zero-order valence-corrected chi connectivity index (χ0v) is 14.6. The zero-order chi connectivity index (χ0) is 18.3. The molecule has 26 heavy (non-hydrogen) atoms. The third-order valence-corrected chi connectivity index (χ3v) is 4.35. The number of halogens is 2. The number of rotatable bonds is 4. The van der Waals surface area contributed by atoms with Gasteiger partial charge in [0.25, 0.3) is 0 Å². The number of benzene rings is 2. The molecule has 3 aromatic rings. The van der Waals surface area contributed by atoms with Crippen LogP contribution in [0.2, 0.25) is 0 Å². The molecule has 134 valence electrons. The molecule has 5 nitrogen and oxygen atoms in total. The molecule has 0 aliphatic carbocycles. The van der Waals surface area contributed by atoms with E-state index in [0.717, 1.165) is 42.0 Å². The van der Waals surface area contributed by atoms with Crippen LogP contribution in [0.5, 0.6) is 0 Å². The van der Waals surface area contributed by atoms with Gasteiger partial charge in [-0.25, -0.2) is 13.5 Å². The number of hydrogen-bond acceptors (Lipinski definition) is 4. The Labute approximate surface area is 150 Å². The SMILES string of the molecule is Cc1cc(Nc2ncn(-c3cc(F)cc(F)c3)n2)cc(N2CC(C)C2)c1. The van der Waals surface area contributed by atoms with E-state index in [1.165, 1.54) is 23.1 Å². The highest BCUT2D eigenvalue weighted by Gasteiger charge is 2.23. The van der Waals surface area contributed by atoms with Gasteiger partial charge >= 0.3 is 0 Å². The summed E-state index contributed by atoms with van der Waals surface area (Å²) in [5, 5.41) is 7.42. The molecule has 2 aromatic carbocycles. The second-order valence-corrected chi connectivity index (χ2v) is 6.83. The molecule has 0 spiro atoms. The number of anilines is 3. The van der Waals surface area contributed by atoms with Gasteiger partial charge < -0.3 is 10.2 Å². The molecule has 1 N–H and O–H groups in total. The molecule has 0 saturated carbocycles. The van der Waals surface area contributed by atoms with Crippen molar-refractivity contribution in [2.75, 3.05) is 23.3 Å². The first-order valence-electron chi connectivity index (χ1n) is 8.48. The predicted molar refractivity (Wildman–Crippen MR) is 97.1 cm³/mol. The standard InChI is InChI=1S/C19H19F2N5/c1-12-3-16(8-17(4-12)25-9-13(2)10-25)23-19-22-11-26(24-19)18-6-14(20)5-15(21)7-18/h3-8,11,13H,9-10H2,1-2H3,(H,23,24). The van der Waals surface area contributed by atoms with Crippen molar-refractivity contribution in [1.82, 2.24) is 14.8 Å². The summed E-state index contributed by atoms with van der Waals surface area (Å²) in [4.78, 5) is 6.50. The molecule has 2 heterocycles. The first-order valence-corrected chi connectivity index (χ1v) is 8.48. The highest BCUT2D eigenvalue weighted by Crippen LogP contribution is 2.29. The fourth-order valence-corrected chi connectivity index (χ4v) is 3.17. The highest BCUT2D eigenvalue weighted by molar-refractivity contribution is 5.64. The summed E-state index contributed by atoms with van der Waals surface area (Å²) >= 11 is 0. The Morgan fingerprint density at radius 2 is 1.73 bits per heavy atom. The van der Waals surface area contributed by atoms with Gasteiger partial charge in [-0.15, -0.1) is 5.10 Å². The third kappa shape index (κ3) is 3.37. The van der Waals surface area contributed by atoms with E-state index in [-0.39, 0.29) is 5.69 Å². The number of aryl methyl sites for hydroxylation is 1. The fraction of sp³-hybridized carbons (Fsp3) is 0.263. The predicted octanol–water partition coefficient (Wildman–Crippen LogP) is 4.05. The molecule has 1 aromatic heterocycles. The van der Waals surface area contributed by atoms with E-state index in [1.807, 2.05) is 13.0 Å². The summed E-state index contributed by atoms with van der Waals surface area (Å²) < 4.78 is 28.1. The quantitative estimate of drug-likeness (QED) is 0.767. The lowest BCUT2D eigenvalue weighted by Gasteiger charge is -2.39. The maximum Gasteiger partial charge on any atom is 0.246 e. The zero-order valence-electron chi connectivity index (χ0n) is 14.6. The van der Waals surface area contributed by atoms with Crippen LogP contribution in [0.3, 0.4) is 0 Å². The molecule has 0 radical (unpaired) electrons. The van der Waals surface area contributed by atoms with Crippen molar-refractivity contribution in [2.45, 2.75) is 13.8 Å². The minimum Gasteiger partial charge on any atom is -0.371 e. The van der Waals surface area contributed by atoms with Crippen molar-refractivity contribution in [1.29, 1.82) is 0 Å². The average Bonchev–Trinajstić information content (AvgIpc) is 2.99. The Balaban J connectivity index is 1.56. The Kier molecular flexibility index (Phi) is 4.06. The van der Waals surface area contributed by atoms with Crippen molar-refractivity contribution >= 4 is 17.3 Å². The molecule has 1 aliphatic rings. The minimum absolute atomic E-state index is 0.280. The lowest BCUT2D eigenvalue weighted by atomic mass is 10.0. The number of hydrogen-bond donors (Lipinski definition) is 1. The normalized spacial score (nSPS) is 14.4. The molecule has 0 unspecified atom stereocenters. The first-order chi connectivity index (χ1) is 12.5. The van der Waals surface area contributed by atoms with Crippen LogP contribution in [0.4, 0.5) is 26.1 Å². The fourth-order valence-electron chi connectivity index (χ4n) is 3.17. The van der Waals surface area contributed by atoms with E-state index in [9.17, 15) is 8.78 Å². The van der Waals surface area contributed by atoms with Gasteiger partial charge in [0.2, 0.25) is 5.95 Å². The minimum atomic E-state index is -0.655. The number of aromatic nitrogens is 3. The van der Waals surface area contributed by atoms with Crippen molar-refractivity contribution < 1.29 is 8.78 Å². The first kappa shape index (κ1) is 16.5. The third-order valence-electron chi connectivity index (χ3n) is 4.35. The summed E-state index contributed by atoms with van der Waals surface area (Å²) in [5.41, 5.74) is 3.46. The van der Waals surface area contributed by atoms with Gasteiger partial charge in [0.05, 0.1) is 5.69 Å². The monoisotopic (exact) mass is 355 g/mol. The van der Waals surface area contributed by atoms with Gasteiger partial charge in [-0.1, -0.05) is 6.92 Å². The topological polar surface area (TPSA) is 46.0 Å². The number of nitrogens with zero attached hydrogens (tertiary/aromatic N) is 4. The largest absolute Gasteiger partial charge is 0.371 e. The van der Waals surface area contributed by atoms with Gasteiger partial charge in [0, 0.05) is 30.5 Å². The smallest absolute Gasteiger partial charge is 0.246 e. The molecule has 1 fully saturated rings. The van der Waals surface area contributed by atoms with Crippen molar-refractivity contribution in [2.24, 2.45) is 5.92 Å². The molecule has 7 heteroatoms. The van der Waals surface area contributed by atoms with Gasteiger partial charge in [-0.3, -0.25) is 0 Å². The second-order valence-electron chi connectivity index (χ2n) is 6.83.